The molecule has 3 heterocycles. The molecule has 2 N–H and O–H groups in total. The number of H-pyrrole nitrogens is 1. The summed E-state index contributed by atoms with van der Waals surface area (Å²) in [6, 6.07) is -0.277. The van der Waals surface area contributed by atoms with Crippen LogP contribution in [0, 0.1) is 12.8 Å². The highest BCUT2D eigenvalue weighted by Crippen LogP contribution is 2.17. The average Bonchev–Trinajstić information content (AvgIpc) is 3.19. The maximum atomic E-state index is 12.3. The maximum Gasteiger partial charge on any atom is 0.242 e. The third-order valence-electron chi connectivity index (χ3n) is 4.52. The van der Waals surface area contributed by atoms with Gasteiger partial charge < -0.3 is 5.32 Å². The number of likely N-dealkylation sites (tertiary alicyclic amines) is 1. The number of amides is 1. The van der Waals surface area contributed by atoms with Crippen LogP contribution in [0.4, 0.5) is 0 Å². The Hall–Kier alpha value is -2.36. The minimum atomic E-state index is -0.277. The van der Waals surface area contributed by atoms with Gasteiger partial charge in [-0.05, 0) is 56.1 Å². The molecule has 136 valence electrons. The summed E-state index contributed by atoms with van der Waals surface area (Å²) in [5, 5.41) is 21.5. The van der Waals surface area contributed by atoms with Crippen LogP contribution in [0.25, 0.3) is 0 Å². The second kappa shape index (κ2) is 7.68. The van der Waals surface area contributed by atoms with Crippen molar-refractivity contribution in [2.24, 2.45) is 5.92 Å². The molecule has 0 radical (unpaired) electrons. The molecule has 1 unspecified atom stereocenters. The van der Waals surface area contributed by atoms with Crippen molar-refractivity contribution < 1.29 is 4.79 Å². The Bertz CT molecular complexity index is 701. The summed E-state index contributed by atoms with van der Waals surface area (Å²) in [6.45, 7) is 8.78. The van der Waals surface area contributed by atoms with E-state index < -0.39 is 0 Å². The molecular formula is C15H25N9O. The number of carbonyl (C=O) groups is 1. The molecule has 10 nitrogen and oxygen atoms in total. The summed E-state index contributed by atoms with van der Waals surface area (Å²) < 4.78 is 1.56. The van der Waals surface area contributed by atoms with Gasteiger partial charge in [-0.2, -0.15) is 5.10 Å². The van der Waals surface area contributed by atoms with Crippen LogP contribution in [0.15, 0.2) is 0 Å². The number of aryl methyl sites for hydroxylation is 1. The smallest absolute Gasteiger partial charge is 0.242 e. The number of tetrazole rings is 1. The third kappa shape index (κ3) is 4.59. The SMILES string of the molecule is Cc1nc(C(C)NC(=O)Cn2nnnc2CN2CCC(C)CC2)n[nH]1. The van der Waals surface area contributed by atoms with E-state index in [0.29, 0.717) is 18.2 Å². The minimum Gasteiger partial charge on any atom is -0.345 e. The Morgan fingerprint density at radius 2 is 2.16 bits per heavy atom. The fraction of sp³-hybridized carbons (Fsp3) is 0.733. The summed E-state index contributed by atoms with van der Waals surface area (Å²) in [7, 11) is 0. The number of piperidine rings is 1. The molecular weight excluding hydrogens is 322 g/mol. The maximum absolute atomic E-state index is 12.3. The Labute approximate surface area is 146 Å². The molecule has 25 heavy (non-hydrogen) atoms. The first kappa shape index (κ1) is 17.5. The summed E-state index contributed by atoms with van der Waals surface area (Å²) in [5.41, 5.74) is 0. The quantitative estimate of drug-likeness (QED) is 0.767. The Morgan fingerprint density at radius 3 is 2.84 bits per heavy atom. The van der Waals surface area contributed by atoms with Crippen molar-refractivity contribution >= 4 is 5.91 Å². The molecule has 1 aliphatic rings. The van der Waals surface area contributed by atoms with E-state index in [9.17, 15) is 4.79 Å². The number of carbonyl (C=O) groups excluding carboxylic acids is 1. The first-order valence-electron chi connectivity index (χ1n) is 8.67. The number of aromatic amines is 1. The van der Waals surface area contributed by atoms with Crippen molar-refractivity contribution in [1.82, 2.24) is 45.6 Å². The first-order chi connectivity index (χ1) is 12.0. The van der Waals surface area contributed by atoms with Gasteiger partial charge in [0.05, 0.1) is 12.6 Å². The van der Waals surface area contributed by atoms with Crippen molar-refractivity contribution in [3.63, 3.8) is 0 Å². The van der Waals surface area contributed by atoms with E-state index in [1.807, 2.05) is 13.8 Å². The highest BCUT2D eigenvalue weighted by molar-refractivity contribution is 5.76. The van der Waals surface area contributed by atoms with Crippen LogP contribution in [0.3, 0.4) is 0 Å². The van der Waals surface area contributed by atoms with Crippen LogP contribution >= 0.6 is 0 Å². The lowest BCUT2D eigenvalue weighted by Gasteiger charge is -2.29. The van der Waals surface area contributed by atoms with Gasteiger partial charge in [0, 0.05) is 0 Å². The molecule has 1 fully saturated rings. The van der Waals surface area contributed by atoms with E-state index in [1.54, 1.807) is 4.68 Å². The van der Waals surface area contributed by atoms with Gasteiger partial charge in [-0.25, -0.2) is 9.67 Å². The molecule has 1 saturated heterocycles. The summed E-state index contributed by atoms with van der Waals surface area (Å²) in [6.07, 6.45) is 2.38. The van der Waals surface area contributed by atoms with Crippen LogP contribution in [0.5, 0.6) is 0 Å². The highest BCUT2D eigenvalue weighted by Gasteiger charge is 2.20. The van der Waals surface area contributed by atoms with Gasteiger partial charge in [0.15, 0.2) is 11.6 Å². The Kier molecular flexibility index (Phi) is 5.37. The standard InChI is InChI=1S/C15H25N9O/c1-10-4-6-23(7-5-10)8-13-19-21-22-24(13)9-14(25)16-11(2)15-17-12(3)18-20-15/h10-11H,4-9H2,1-3H3,(H,16,25)(H,17,18,20). The predicted octanol–water partition coefficient (Wildman–Crippen LogP) is 0.209. The largest absolute Gasteiger partial charge is 0.345 e. The summed E-state index contributed by atoms with van der Waals surface area (Å²) >= 11 is 0. The normalized spacial score (nSPS) is 17.6. The lowest BCUT2D eigenvalue weighted by Crippen LogP contribution is -2.35. The summed E-state index contributed by atoms with van der Waals surface area (Å²) in [5.74, 6) is 2.60. The second-order valence-electron chi connectivity index (χ2n) is 6.78. The third-order valence-corrected chi connectivity index (χ3v) is 4.52. The fourth-order valence-electron chi connectivity index (χ4n) is 2.92. The monoisotopic (exact) mass is 347 g/mol. The molecule has 1 atom stereocenters. The van der Waals surface area contributed by atoms with E-state index in [-0.39, 0.29) is 18.5 Å². The van der Waals surface area contributed by atoms with Crippen LogP contribution in [-0.2, 0) is 17.9 Å². The number of rotatable bonds is 6. The van der Waals surface area contributed by atoms with Gasteiger partial charge in [-0.1, -0.05) is 6.92 Å². The van der Waals surface area contributed by atoms with Gasteiger partial charge >= 0.3 is 0 Å². The number of nitrogens with zero attached hydrogens (tertiary/aromatic N) is 7. The van der Waals surface area contributed by atoms with Crippen LogP contribution < -0.4 is 5.32 Å². The lowest BCUT2D eigenvalue weighted by molar-refractivity contribution is -0.122. The van der Waals surface area contributed by atoms with Crippen molar-refractivity contribution in [3.05, 3.63) is 17.5 Å². The van der Waals surface area contributed by atoms with Gasteiger partial charge in [0.2, 0.25) is 5.91 Å². The number of hydrogen-bond acceptors (Lipinski definition) is 7. The molecule has 2 aromatic rings. The zero-order valence-electron chi connectivity index (χ0n) is 14.9. The Morgan fingerprint density at radius 1 is 1.40 bits per heavy atom. The van der Waals surface area contributed by atoms with Crippen molar-refractivity contribution in [2.75, 3.05) is 13.1 Å². The number of aromatic nitrogens is 7. The van der Waals surface area contributed by atoms with E-state index in [1.165, 1.54) is 12.8 Å². The molecule has 0 saturated carbocycles. The minimum absolute atomic E-state index is 0.0837. The average molecular weight is 347 g/mol. The van der Waals surface area contributed by atoms with E-state index >= 15 is 0 Å². The molecule has 0 spiro atoms. The molecule has 0 bridgehead atoms. The van der Waals surface area contributed by atoms with Crippen molar-refractivity contribution in [1.29, 1.82) is 0 Å². The van der Waals surface area contributed by atoms with E-state index in [0.717, 1.165) is 24.8 Å². The van der Waals surface area contributed by atoms with Gasteiger partial charge in [-0.15, -0.1) is 5.10 Å². The van der Waals surface area contributed by atoms with Gasteiger partial charge in [-0.3, -0.25) is 14.8 Å². The van der Waals surface area contributed by atoms with E-state index in [4.69, 9.17) is 0 Å². The topological polar surface area (TPSA) is 118 Å². The molecule has 0 aromatic carbocycles. The molecule has 10 heteroatoms. The Balaban J connectivity index is 1.54. The molecule has 0 aliphatic carbocycles. The van der Waals surface area contributed by atoms with Crippen molar-refractivity contribution in [2.45, 2.75) is 52.7 Å². The first-order valence-corrected chi connectivity index (χ1v) is 8.67. The molecule has 2 aromatic heterocycles. The highest BCUT2D eigenvalue weighted by atomic mass is 16.2. The van der Waals surface area contributed by atoms with Gasteiger partial charge in [0.25, 0.3) is 0 Å². The number of hydrogen-bond donors (Lipinski definition) is 2. The molecule has 1 aliphatic heterocycles. The van der Waals surface area contributed by atoms with E-state index in [2.05, 4.69) is 47.8 Å². The van der Waals surface area contributed by atoms with Crippen LogP contribution in [-0.4, -0.2) is 59.3 Å². The fourth-order valence-corrected chi connectivity index (χ4v) is 2.92. The second-order valence-corrected chi connectivity index (χ2v) is 6.78. The van der Waals surface area contributed by atoms with Crippen molar-refractivity contribution in [3.8, 4) is 0 Å². The molecule has 1 amide bonds. The predicted molar refractivity (Wildman–Crippen MR) is 89.2 cm³/mol. The molecule has 3 rings (SSSR count). The summed E-state index contributed by atoms with van der Waals surface area (Å²) in [4.78, 5) is 18.8. The van der Waals surface area contributed by atoms with Gasteiger partial charge in [0.1, 0.15) is 12.4 Å². The lowest BCUT2D eigenvalue weighted by atomic mass is 9.99. The van der Waals surface area contributed by atoms with Crippen LogP contribution in [0.2, 0.25) is 0 Å². The van der Waals surface area contributed by atoms with Crippen LogP contribution in [0.1, 0.15) is 50.2 Å². The zero-order valence-corrected chi connectivity index (χ0v) is 14.9. The zero-order chi connectivity index (χ0) is 17.8. The number of nitrogens with one attached hydrogen (secondary N) is 2.